The van der Waals surface area contributed by atoms with Crippen molar-refractivity contribution in [2.75, 3.05) is 14.2 Å². The quantitative estimate of drug-likeness (QED) is 0.244. The summed E-state index contributed by atoms with van der Waals surface area (Å²) in [5.41, 5.74) is 4.09. The van der Waals surface area contributed by atoms with Crippen molar-refractivity contribution < 1.29 is 24.2 Å². The van der Waals surface area contributed by atoms with E-state index in [1.807, 2.05) is 54.6 Å². The lowest BCUT2D eigenvalue weighted by molar-refractivity contribution is 0.126. The Morgan fingerprint density at radius 3 is 2.47 bits per heavy atom. The molecule has 1 atom stereocenters. The normalized spacial score (nSPS) is 14.1. The Kier molecular flexibility index (Phi) is 5.97. The predicted molar refractivity (Wildman–Crippen MR) is 138 cm³/mol. The van der Waals surface area contributed by atoms with Crippen molar-refractivity contribution in [1.82, 2.24) is 19.6 Å². The van der Waals surface area contributed by atoms with E-state index >= 15 is 0 Å². The number of phenols is 1. The molecular formula is C28H23N5O5. The van der Waals surface area contributed by atoms with Crippen molar-refractivity contribution in [2.24, 2.45) is 5.16 Å². The molecule has 5 aromatic rings. The molecule has 0 aliphatic carbocycles. The molecule has 0 radical (unpaired) electrons. The zero-order valence-electron chi connectivity index (χ0n) is 20.6. The molecule has 6 rings (SSSR count). The van der Waals surface area contributed by atoms with Crippen LogP contribution in [0.2, 0.25) is 0 Å². The second-order valence-corrected chi connectivity index (χ2v) is 8.57. The standard InChI is InChI=1S/C28H23N5O5/c1-35-20-8-3-17(4-9-20)14-30-37-15-24-31-27-26-25(18-5-10-21(36-2)11-6-18)22-12-7-19(34)13-23(22)38-28(26)29-16-33(27)32-24/h3-14,16,25,34H,15H2,1-2H3. The lowest BCUT2D eigenvalue weighted by Gasteiger charge is -2.28. The highest BCUT2D eigenvalue weighted by Gasteiger charge is 2.33. The second kappa shape index (κ2) is 9.74. The molecule has 1 unspecified atom stereocenters. The number of oxime groups is 1. The molecule has 1 aliphatic heterocycles. The topological polar surface area (TPSA) is 113 Å². The van der Waals surface area contributed by atoms with Crippen LogP contribution < -0.4 is 14.2 Å². The minimum atomic E-state index is -0.262. The number of benzene rings is 3. The minimum Gasteiger partial charge on any atom is -0.508 e. The SMILES string of the molecule is COc1ccc(C=NOCc2nc3c4c(ncn3n2)Oc2cc(O)ccc2C4c2ccc(OC)cc2)cc1. The molecule has 0 bridgehead atoms. The number of methoxy groups -OCH3 is 2. The van der Waals surface area contributed by atoms with Crippen LogP contribution in [0.25, 0.3) is 5.65 Å². The van der Waals surface area contributed by atoms with E-state index in [0.717, 1.165) is 33.8 Å². The summed E-state index contributed by atoms with van der Waals surface area (Å²) >= 11 is 0. The fourth-order valence-corrected chi connectivity index (χ4v) is 4.43. The van der Waals surface area contributed by atoms with Crippen LogP contribution in [0.1, 0.15) is 34.0 Å². The average Bonchev–Trinajstić information content (AvgIpc) is 3.38. The third-order valence-electron chi connectivity index (χ3n) is 6.27. The highest BCUT2D eigenvalue weighted by atomic mass is 16.6. The first-order chi connectivity index (χ1) is 18.6. The number of nitrogens with zero attached hydrogens (tertiary/aromatic N) is 5. The summed E-state index contributed by atoms with van der Waals surface area (Å²) in [5, 5.41) is 18.6. The number of hydrogen-bond acceptors (Lipinski definition) is 9. The van der Waals surface area contributed by atoms with Gasteiger partial charge in [0.25, 0.3) is 0 Å². The van der Waals surface area contributed by atoms with E-state index in [-0.39, 0.29) is 18.3 Å². The smallest absolute Gasteiger partial charge is 0.228 e. The fourth-order valence-electron chi connectivity index (χ4n) is 4.43. The van der Waals surface area contributed by atoms with Gasteiger partial charge in [-0.1, -0.05) is 23.4 Å². The molecule has 2 aromatic heterocycles. The Bertz CT molecular complexity index is 1630. The van der Waals surface area contributed by atoms with E-state index in [4.69, 9.17) is 24.0 Å². The van der Waals surface area contributed by atoms with Crippen molar-refractivity contribution in [2.45, 2.75) is 12.5 Å². The number of fused-ring (bicyclic) bond motifs is 4. The molecule has 10 heteroatoms. The van der Waals surface area contributed by atoms with Gasteiger partial charge < -0.3 is 24.2 Å². The average molecular weight is 510 g/mol. The lowest BCUT2D eigenvalue weighted by atomic mass is 9.84. The summed E-state index contributed by atoms with van der Waals surface area (Å²) in [6.45, 7) is 0.0711. The zero-order valence-corrected chi connectivity index (χ0v) is 20.6. The number of phenolic OH excluding ortho intramolecular Hbond substituents is 1. The molecule has 190 valence electrons. The van der Waals surface area contributed by atoms with Crippen molar-refractivity contribution in [3.63, 3.8) is 0 Å². The van der Waals surface area contributed by atoms with Gasteiger partial charge in [0.15, 0.2) is 18.1 Å². The van der Waals surface area contributed by atoms with Crippen LogP contribution >= 0.6 is 0 Å². The first-order valence-corrected chi connectivity index (χ1v) is 11.8. The van der Waals surface area contributed by atoms with Gasteiger partial charge in [-0.25, -0.2) is 14.5 Å². The second-order valence-electron chi connectivity index (χ2n) is 8.57. The van der Waals surface area contributed by atoms with E-state index < -0.39 is 0 Å². The molecule has 0 saturated carbocycles. The molecule has 1 N–H and O–H groups in total. The number of rotatable bonds is 7. The molecular weight excluding hydrogens is 486 g/mol. The monoisotopic (exact) mass is 509 g/mol. The third kappa shape index (κ3) is 4.32. The van der Waals surface area contributed by atoms with Gasteiger partial charge in [-0.05, 0) is 53.6 Å². The summed E-state index contributed by atoms with van der Waals surface area (Å²) < 4.78 is 18.2. The van der Waals surface area contributed by atoms with Crippen molar-refractivity contribution in [3.8, 4) is 28.9 Å². The van der Waals surface area contributed by atoms with Crippen molar-refractivity contribution in [3.05, 3.63) is 101 Å². The molecule has 38 heavy (non-hydrogen) atoms. The summed E-state index contributed by atoms with van der Waals surface area (Å²) in [7, 11) is 3.25. The van der Waals surface area contributed by atoms with Gasteiger partial charge in [0.1, 0.15) is 29.3 Å². The van der Waals surface area contributed by atoms with Gasteiger partial charge >= 0.3 is 0 Å². The largest absolute Gasteiger partial charge is 0.508 e. The highest BCUT2D eigenvalue weighted by Crippen LogP contribution is 2.48. The van der Waals surface area contributed by atoms with E-state index in [2.05, 4.69) is 15.2 Å². The molecule has 3 heterocycles. The molecule has 0 fully saturated rings. The highest BCUT2D eigenvalue weighted by molar-refractivity contribution is 5.79. The summed E-state index contributed by atoms with van der Waals surface area (Å²) in [5.74, 6) is 2.74. The van der Waals surface area contributed by atoms with Gasteiger partial charge in [0.05, 0.1) is 26.0 Å². The minimum absolute atomic E-state index is 0.0711. The van der Waals surface area contributed by atoms with E-state index in [9.17, 15) is 5.11 Å². The van der Waals surface area contributed by atoms with Gasteiger partial charge in [-0.2, -0.15) is 0 Å². The lowest BCUT2D eigenvalue weighted by Crippen LogP contribution is -2.15. The Morgan fingerprint density at radius 2 is 1.74 bits per heavy atom. The van der Waals surface area contributed by atoms with Crippen LogP contribution in [-0.2, 0) is 11.4 Å². The van der Waals surface area contributed by atoms with Gasteiger partial charge in [0.2, 0.25) is 5.88 Å². The van der Waals surface area contributed by atoms with E-state index in [1.54, 1.807) is 43.4 Å². The van der Waals surface area contributed by atoms with Crippen LogP contribution in [0, 0.1) is 0 Å². The molecule has 0 saturated heterocycles. The van der Waals surface area contributed by atoms with E-state index in [1.165, 1.54) is 0 Å². The number of hydrogen-bond donors (Lipinski definition) is 1. The van der Waals surface area contributed by atoms with Gasteiger partial charge in [0, 0.05) is 17.5 Å². The summed E-state index contributed by atoms with van der Waals surface area (Å²) in [6, 6.07) is 20.3. The van der Waals surface area contributed by atoms with Gasteiger partial charge in [-0.3, -0.25) is 0 Å². The summed E-state index contributed by atoms with van der Waals surface area (Å²) in [4.78, 5) is 14.7. The maximum Gasteiger partial charge on any atom is 0.228 e. The van der Waals surface area contributed by atoms with Crippen LogP contribution in [0.15, 0.2) is 78.2 Å². The third-order valence-corrected chi connectivity index (χ3v) is 6.27. The number of aromatic hydroxyl groups is 1. The number of aromatic nitrogens is 4. The van der Waals surface area contributed by atoms with Crippen molar-refractivity contribution in [1.29, 1.82) is 0 Å². The Morgan fingerprint density at radius 1 is 1.00 bits per heavy atom. The molecule has 0 spiro atoms. The Labute approximate surface area is 217 Å². The fraction of sp³-hybridized carbons (Fsp3) is 0.143. The maximum absolute atomic E-state index is 10.1. The summed E-state index contributed by atoms with van der Waals surface area (Å²) in [6.07, 6.45) is 3.16. The predicted octanol–water partition coefficient (Wildman–Crippen LogP) is 4.68. The molecule has 3 aromatic carbocycles. The maximum atomic E-state index is 10.1. The Balaban J connectivity index is 1.33. The van der Waals surface area contributed by atoms with Crippen molar-refractivity contribution >= 4 is 11.9 Å². The first-order valence-electron chi connectivity index (χ1n) is 11.8. The van der Waals surface area contributed by atoms with Crippen LogP contribution in [0.5, 0.6) is 28.9 Å². The first kappa shape index (κ1) is 23.3. The van der Waals surface area contributed by atoms with Crippen LogP contribution in [-0.4, -0.2) is 45.1 Å². The molecule has 0 amide bonds. The van der Waals surface area contributed by atoms with E-state index in [0.29, 0.717) is 23.1 Å². The van der Waals surface area contributed by atoms with Crippen LogP contribution in [0.3, 0.4) is 0 Å². The molecule has 1 aliphatic rings. The molecule has 10 nitrogen and oxygen atoms in total. The van der Waals surface area contributed by atoms with Crippen LogP contribution in [0.4, 0.5) is 0 Å². The number of ether oxygens (including phenoxy) is 3. The zero-order chi connectivity index (χ0) is 26.1. The Hall–Kier alpha value is -5.12. The van der Waals surface area contributed by atoms with Gasteiger partial charge in [-0.15, -0.1) is 5.10 Å².